The van der Waals surface area contributed by atoms with E-state index in [2.05, 4.69) is 23.3 Å². The number of ether oxygens (including phenoxy) is 1. The molecular weight excluding hydrogens is 470 g/mol. The number of thioether (sulfide) groups is 1. The first kappa shape index (κ1) is 25.2. The number of nitriles is 1. The van der Waals surface area contributed by atoms with Crippen LogP contribution in [0.1, 0.15) is 24.0 Å². The lowest BCUT2D eigenvalue weighted by molar-refractivity contribution is -0.138. The molecule has 8 heteroatoms. The van der Waals surface area contributed by atoms with Crippen LogP contribution in [0.15, 0.2) is 83.1 Å². The van der Waals surface area contributed by atoms with Gasteiger partial charge >= 0.3 is 5.97 Å². The van der Waals surface area contributed by atoms with Crippen molar-refractivity contribution in [1.29, 1.82) is 5.26 Å². The van der Waals surface area contributed by atoms with E-state index < -0.39 is 11.9 Å². The van der Waals surface area contributed by atoms with Crippen LogP contribution in [-0.4, -0.2) is 24.2 Å². The molecule has 0 bridgehead atoms. The number of carbonyl (C=O) groups excluding carboxylic acids is 2. The van der Waals surface area contributed by atoms with Crippen LogP contribution in [-0.2, 0) is 14.3 Å². The molecule has 1 amide bonds. The highest BCUT2D eigenvalue weighted by Gasteiger charge is 2.35. The fourth-order valence-corrected chi connectivity index (χ4v) is 4.62. The number of benzene rings is 2. The minimum absolute atomic E-state index is 0.0600. The van der Waals surface area contributed by atoms with Gasteiger partial charge in [-0.3, -0.25) is 4.79 Å². The molecule has 0 aliphatic carbocycles. The summed E-state index contributed by atoms with van der Waals surface area (Å²) in [4.78, 5) is 25.5. The molecule has 0 fully saturated rings. The minimum Gasteiger partial charge on any atom is -0.458 e. The van der Waals surface area contributed by atoms with Gasteiger partial charge in [0.25, 0.3) is 0 Å². The Morgan fingerprint density at radius 2 is 1.97 bits per heavy atom. The van der Waals surface area contributed by atoms with Crippen molar-refractivity contribution < 1.29 is 14.3 Å². The quantitative estimate of drug-likeness (QED) is 0.375. The molecule has 1 aliphatic rings. The topological polar surface area (TPSA) is 91.2 Å². The first-order chi connectivity index (χ1) is 16.4. The van der Waals surface area contributed by atoms with Gasteiger partial charge in [0.05, 0.1) is 33.9 Å². The second-order valence-electron chi connectivity index (χ2n) is 7.50. The van der Waals surface area contributed by atoms with Crippen LogP contribution in [0.3, 0.4) is 0 Å². The van der Waals surface area contributed by atoms with Gasteiger partial charge in [0.15, 0.2) is 0 Å². The van der Waals surface area contributed by atoms with E-state index in [0.29, 0.717) is 32.6 Å². The molecule has 1 atom stereocenters. The minimum atomic E-state index is -0.620. The molecule has 174 valence electrons. The number of nitrogens with one attached hydrogen (secondary N) is 2. The van der Waals surface area contributed by atoms with Crippen LogP contribution < -0.4 is 10.6 Å². The van der Waals surface area contributed by atoms with Crippen molar-refractivity contribution in [3.63, 3.8) is 0 Å². The maximum Gasteiger partial charge on any atom is 0.337 e. The largest absolute Gasteiger partial charge is 0.458 e. The summed E-state index contributed by atoms with van der Waals surface area (Å²) in [6.07, 6.45) is 1.49. The molecule has 0 saturated carbocycles. The van der Waals surface area contributed by atoms with Crippen molar-refractivity contribution in [1.82, 2.24) is 5.32 Å². The van der Waals surface area contributed by atoms with Crippen molar-refractivity contribution in [3.8, 4) is 6.07 Å². The predicted molar refractivity (Wildman–Crippen MR) is 136 cm³/mol. The second-order valence-corrected chi connectivity index (χ2v) is 8.89. The summed E-state index contributed by atoms with van der Waals surface area (Å²) in [7, 11) is 0. The number of nitrogens with zero attached hydrogens (tertiary/aromatic N) is 1. The van der Waals surface area contributed by atoms with Gasteiger partial charge in [0.2, 0.25) is 5.91 Å². The van der Waals surface area contributed by atoms with E-state index in [-0.39, 0.29) is 18.3 Å². The zero-order chi connectivity index (χ0) is 24.7. The number of carbonyl (C=O) groups is 2. The number of amides is 1. The van der Waals surface area contributed by atoms with Crippen LogP contribution in [0.2, 0.25) is 5.02 Å². The summed E-state index contributed by atoms with van der Waals surface area (Å²) in [6, 6.07) is 16.8. The Hall–Kier alpha value is -3.47. The summed E-state index contributed by atoms with van der Waals surface area (Å²) in [5.74, 6) is -1.32. The number of allylic oxidation sites excluding steroid dienone is 2. The van der Waals surface area contributed by atoms with Gasteiger partial charge in [-0.25, -0.2) is 4.79 Å². The van der Waals surface area contributed by atoms with Gasteiger partial charge < -0.3 is 15.4 Å². The van der Waals surface area contributed by atoms with Gasteiger partial charge in [0.1, 0.15) is 6.61 Å². The van der Waals surface area contributed by atoms with E-state index in [1.165, 1.54) is 17.8 Å². The van der Waals surface area contributed by atoms with Crippen LogP contribution in [0.25, 0.3) is 0 Å². The molecule has 1 unspecified atom stereocenters. The van der Waals surface area contributed by atoms with Gasteiger partial charge in [-0.05, 0) is 37.1 Å². The van der Waals surface area contributed by atoms with E-state index in [0.717, 1.165) is 11.1 Å². The zero-order valence-electron chi connectivity index (χ0n) is 18.9. The number of halogens is 1. The highest BCUT2D eigenvalue weighted by Crippen LogP contribution is 2.41. The van der Waals surface area contributed by atoms with Crippen molar-refractivity contribution in [2.24, 2.45) is 0 Å². The van der Waals surface area contributed by atoms with Crippen LogP contribution in [0.5, 0.6) is 0 Å². The van der Waals surface area contributed by atoms with Gasteiger partial charge in [-0.15, -0.1) is 0 Å². The Labute approximate surface area is 208 Å². The van der Waals surface area contributed by atoms with Crippen molar-refractivity contribution in [2.45, 2.75) is 19.8 Å². The Bertz CT molecular complexity index is 1220. The fraction of sp³-hybridized carbons (Fsp3) is 0.192. The van der Waals surface area contributed by atoms with Crippen LogP contribution >= 0.6 is 23.4 Å². The number of rotatable bonds is 8. The molecule has 0 spiro atoms. The summed E-state index contributed by atoms with van der Waals surface area (Å²) < 4.78 is 5.30. The first-order valence-electron chi connectivity index (χ1n) is 10.5. The van der Waals surface area contributed by atoms with Gasteiger partial charge in [-0.1, -0.05) is 72.4 Å². The smallest absolute Gasteiger partial charge is 0.337 e. The van der Waals surface area contributed by atoms with E-state index in [4.69, 9.17) is 16.3 Å². The van der Waals surface area contributed by atoms with Crippen molar-refractivity contribution >= 4 is 40.9 Å². The number of anilines is 1. The maximum atomic E-state index is 12.9. The van der Waals surface area contributed by atoms with E-state index in [1.54, 1.807) is 25.1 Å². The van der Waals surface area contributed by atoms with Crippen LogP contribution in [0.4, 0.5) is 5.69 Å². The molecule has 1 aliphatic heterocycles. The first-order valence-corrected chi connectivity index (χ1v) is 11.9. The standard InChI is InChI=1S/C26H24ClN3O3S/c1-4-13-33-26(32)23-17(3)29-25(19(14-28)24(23)18-9-6-5-7-10-18)34-15-22(31)30-21-12-8-11-20(27)16(21)2/h4-12,24,29H,1,13,15H2,2-3H3,(H,30,31). The molecule has 2 N–H and O–H groups in total. The molecule has 0 saturated heterocycles. The maximum absolute atomic E-state index is 12.9. The zero-order valence-corrected chi connectivity index (χ0v) is 20.4. The lowest BCUT2D eigenvalue weighted by Crippen LogP contribution is -2.29. The normalized spacial score (nSPS) is 15.3. The number of hydrogen-bond acceptors (Lipinski definition) is 6. The molecule has 1 heterocycles. The average molecular weight is 494 g/mol. The summed E-state index contributed by atoms with van der Waals surface area (Å²) in [6.45, 7) is 7.23. The van der Waals surface area contributed by atoms with Gasteiger partial charge in [-0.2, -0.15) is 5.26 Å². The summed E-state index contributed by atoms with van der Waals surface area (Å²) >= 11 is 7.34. The predicted octanol–water partition coefficient (Wildman–Crippen LogP) is 5.45. The van der Waals surface area contributed by atoms with Gasteiger partial charge in [0, 0.05) is 16.4 Å². The molecule has 3 rings (SSSR count). The summed E-state index contributed by atoms with van der Waals surface area (Å²) in [5.41, 5.74) is 3.46. The molecule has 6 nitrogen and oxygen atoms in total. The van der Waals surface area contributed by atoms with E-state index in [9.17, 15) is 14.9 Å². The SMILES string of the molecule is C=CCOC(=O)C1=C(C)NC(SCC(=O)Nc2cccc(Cl)c2C)=C(C#N)C1c1ccccc1. The van der Waals surface area contributed by atoms with Crippen LogP contribution in [0, 0.1) is 18.3 Å². The Kier molecular flexibility index (Phi) is 8.58. The van der Waals surface area contributed by atoms with E-state index >= 15 is 0 Å². The highest BCUT2D eigenvalue weighted by atomic mass is 35.5. The molecule has 2 aromatic carbocycles. The molecular formula is C26H24ClN3O3S. The lowest BCUT2D eigenvalue weighted by Gasteiger charge is -2.29. The monoisotopic (exact) mass is 493 g/mol. The number of dihydropyridines is 1. The van der Waals surface area contributed by atoms with Crippen molar-refractivity contribution in [2.75, 3.05) is 17.7 Å². The molecule has 34 heavy (non-hydrogen) atoms. The lowest BCUT2D eigenvalue weighted by atomic mass is 9.82. The highest BCUT2D eigenvalue weighted by molar-refractivity contribution is 8.03. The van der Waals surface area contributed by atoms with Crippen molar-refractivity contribution in [3.05, 3.63) is 99.2 Å². The third-order valence-corrected chi connectivity index (χ3v) is 6.65. The third kappa shape index (κ3) is 5.71. The number of hydrogen-bond donors (Lipinski definition) is 2. The molecule has 0 radical (unpaired) electrons. The Balaban J connectivity index is 1.88. The van der Waals surface area contributed by atoms with E-state index in [1.807, 2.05) is 37.3 Å². The third-order valence-electron chi connectivity index (χ3n) is 5.22. The fourth-order valence-electron chi connectivity index (χ4n) is 3.56. The Morgan fingerprint density at radius 3 is 2.65 bits per heavy atom. The molecule has 2 aromatic rings. The average Bonchev–Trinajstić information content (AvgIpc) is 2.84. The summed E-state index contributed by atoms with van der Waals surface area (Å²) in [5, 5.41) is 17.1. The number of esters is 1. The Morgan fingerprint density at radius 1 is 1.24 bits per heavy atom. The second kappa shape index (κ2) is 11.6. The molecule has 0 aromatic heterocycles.